The molecule has 2 aliphatic rings. The van der Waals surface area contributed by atoms with Gasteiger partial charge in [-0.25, -0.2) is 0 Å². The van der Waals surface area contributed by atoms with Gasteiger partial charge >= 0.3 is 5.97 Å². The van der Waals surface area contributed by atoms with Crippen LogP contribution in [0.4, 0.5) is 0 Å². The number of fused-ring (bicyclic) bond motifs is 2. The van der Waals surface area contributed by atoms with E-state index in [9.17, 15) is 25.2 Å². The molecular formula is C26H37N5O5. The van der Waals surface area contributed by atoms with Gasteiger partial charge in [0.2, 0.25) is 0 Å². The highest BCUT2D eigenvalue weighted by atomic mass is 16.4. The van der Waals surface area contributed by atoms with Gasteiger partial charge in [0.25, 0.3) is 0 Å². The van der Waals surface area contributed by atoms with E-state index in [2.05, 4.69) is 9.97 Å². The lowest BCUT2D eigenvalue weighted by Gasteiger charge is -2.67. The molecule has 6 N–H and O–H groups in total. The standard InChI is InChI=1S/C26H37N5O5/c1-30-21(18-8-3-6-12-28-18)25(16-32)14-31(20(23(34)35)10-2-5-11-27)15-26(17-33,24(25)36)22(30)19-9-4-7-13-29-19/h3-4,6-9,12-13,20-22,24,32-33,36H,2,5,10-11,14-17,27H2,1H3,(H,34,35)/t20-,21-,22+,24?,25?,26?/m0/s1. The summed E-state index contributed by atoms with van der Waals surface area (Å²) in [7, 11) is 1.89. The number of likely N-dealkylation sites (tertiary alicyclic amines) is 2. The van der Waals surface area contributed by atoms with Crippen LogP contribution in [0.15, 0.2) is 48.8 Å². The first-order valence-corrected chi connectivity index (χ1v) is 12.5. The molecule has 6 atom stereocenters. The Kier molecular flexibility index (Phi) is 8.03. The number of nitrogens with two attached hydrogens (primary N) is 1. The summed E-state index contributed by atoms with van der Waals surface area (Å²) in [5.74, 6) is -0.972. The lowest BCUT2D eigenvalue weighted by atomic mass is 9.54. The third kappa shape index (κ3) is 4.31. The van der Waals surface area contributed by atoms with E-state index in [0.29, 0.717) is 37.2 Å². The first-order chi connectivity index (χ1) is 17.4. The van der Waals surface area contributed by atoms with Crippen molar-refractivity contribution in [2.75, 3.05) is 39.9 Å². The zero-order valence-electron chi connectivity index (χ0n) is 20.6. The molecule has 2 fully saturated rings. The summed E-state index contributed by atoms with van der Waals surface area (Å²) in [6, 6.07) is 9.02. The Morgan fingerprint density at radius 3 is 1.94 bits per heavy atom. The lowest BCUT2D eigenvalue weighted by Crippen LogP contribution is -2.76. The molecule has 196 valence electrons. The normalized spacial score (nSPS) is 31.8. The van der Waals surface area contributed by atoms with Gasteiger partial charge in [0, 0.05) is 25.5 Å². The number of piperidine rings is 2. The van der Waals surface area contributed by atoms with E-state index in [1.165, 1.54) is 0 Å². The Morgan fingerprint density at radius 2 is 1.56 bits per heavy atom. The molecule has 4 rings (SSSR count). The van der Waals surface area contributed by atoms with E-state index in [4.69, 9.17) is 5.73 Å². The smallest absolute Gasteiger partial charge is 0.320 e. The number of carboxylic acid groups (broad SMARTS) is 1. The molecule has 2 aromatic heterocycles. The summed E-state index contributed by atoms with van der Waals surface area (Å²) in [6.07, 6.45) is 3.90. The van der Waals surface area contributed by atoms with Crippen molar-refractivity contribution in [3.63, 3.8) is 0 Å². The second-order valence-corrected chi connectivity index (χ2v) is 10.2. The van der Waals surface area contributed by atoms with Gasteiger partial charge < -0.3 is 26.2 Å². The van der Waals surface area contributed by atoms with E-state index in [0.717, 1.165) is 0 Å². The van der Waals surface area contributed by atoms with Crippen LogP contribution in [0.3, 0.4) is 0 Å². The highest BCUT2D eigenvalue weighted by molar-refractivity contribution is 5.73. The average molecular weight is 500 g/mol. The quantitative estimate of drug-likeness (QED) is 0.290. The predicted molar refractivity (Wildman–Crippen MR) is 133 cm³/mol. The van der Waals surface area contributed by atoms with Crippen LogP contribution in [0, 0.1) is 10.8 Å². The van der Waals surface area contributed by atoms with Crippen molar-refractivity contribution in [3.8, 4) is 0 Å². The van der Waals surface area contributed by atoms with Crippen LogP contribution in [0.5, 0.6) is 0 Å². The number of unbranched alkanes of at least 4 members (excludes halogenated alkanes) is 1. The number of carbonyl (C=O) groups is 1. The molecule has 0 aromatic carbocycles. The number of hydrogen-bond acceptors (Lipinski definition) is 9. The summed E-state index contributed by atoms with van der Waals surface area (Å²) < 4.78 is 0. The van der Waals surface area contributed by atoms with Crippen LogP contribution in [-0.2, 0) is 4.79 Å². The van der Waals surface area contributed by atoms with Gasteiger partial charge in [-0.15, -0.1) is 0 Å². The predicted octanol–water partition coefficient (Wildman–Crippen LogP) is 0.421. The van der Waals surface area contributed by atoms with Crippen molar-refractivity contribution in [1.82, 2.24) is 19.8 Å². The molecule has 36 heavy (non-hydrogen) atoms. The summed E-state index contributed by atoms with van der Waals surface area (Å²) in [4.78, 5) is 25.4. The fourth-order valence-corrected chi connectivity index (χ4v) is 6.68. The molecule has 0 radical (unpaired) electrons. The van der Waals surface area contributed by atoms with Crippen molar-refractivity contribution in [1.29, 1.82) is 0 Å². The molecule has 2 aliphatic heterocycles. The summed E-state index contributed by atoms with van der Waals surface area (Å²) in [5.41, 5.74) is 4.55. The van der Waals surface area contributed by atoms with E-state index in [1.807, 2.05) is 41.1 Å². The molecule has 4 heterocycles. The maximum atomic E-state index is 12.5. The van der Waals surface area contributed by atoms with Gasteiger partial charge in [-0.05, 0) is 50.7 Å². The Labute approximate surface area is 211 Å². The minimum absolute atomic E-state index is 0.131. The molecule has 0 aliphatic carbocycles. The van der Waals surface area contributed by atoms with Gasteiger partial charge in [-0.2, -0.15) is 0 Å². The number of aromatic nitrogens is 2. The zero-order chi connectivity index (χ0) is 25.9. The fraction of sp³-hybridized carbons (Fsp3) is 0.577. The monoisotopic (exact) mass is 499 g/mol. The Hall–Kier alpha value is -2.47. The summed E-state index contributed by atoms with van der Waals surface area (Å²) >= 11 is 0. The molecule has 2 aromatic rings. The van der Waals surface area contributed by atoms with Crippen molar-refractivity contribution in [2.45, 2.75) is 43.5 Å². The largest absolute Gasteiger partial charge is 0.480 e. The van der Waals surface area contributed by atoms with Crippen LogP contribution in [0.1, 0.15) is 42.7 Å². The first-order valence-electron chi connectivity index (χ1n) is 12.5. The number of aliphatic hydroxyl groups is 3. The number of carboxylic acids is 1. The number of pyridine rings is 2. The van der Waals surface area contributed by atoms with E-state index in [-0.39, 0.29) is 13.1 Å². The average Bonchev–Trinajstić information content (AvgIpc) is 2.89. The molecule has 10 heteroatoms. The number of rotatable bonds is 10. The zero-order valence-corrected chi connectivity index (χ0v) is 20.6. The van der Waals surface area contributed by atoms with Gasteiger partial charge in [0.05, 0.1) is 53.6 Å². The van der Waals surface area contributed by atoms with Gasteiger partial charge in [0.1, 0.15) is 6.04 Å². The van der Waals surface area contributed by atoms with Crippen LogP contribution < -0.4 is 5.73 Å². The van der Waals surface area contributed by atoms with Crippen molar-refractivity contribution < 1.29 is 25.2 Å². The van der Waals surface area contributed by atoms with Gasteiger partial charge in [-0.3, -0.25) is 24.6 Å². The maximum Gasteiger partial charge on any atom is 0.320 e. The number of aliphatic hydroxyl groups excluding tert-OH is 3. The highest BCUT2D eigenvalue weighted by Crippen LogP contribution is 2.61. The van der Waals surface area contributed by atoms with E-state index in [1.54, 1.807) is 24.5 Å². The second kappa shape index (κ2) is 10.9. The molecule has 3 unspecified atom stereocenters. The van der Waals surface area contributed by atoms with Crippen molar-refractivity contribution in [2.24, 2.45) is 16.6 Å². The molecular weight excluding hydrogens is 462 g/mol. The van der Waals surface area contributed by atoms with E-state index < -0.39 is 54.2 Å². The second-order valence-electron chi connectivity index (χ2n) is 10.2. The van der Waals surface area contributed by atoms with Crippen LogP contribution >= 0.6 is 0 Å². The van der Waals surface area contributed by atoms with Crippen LogP contribution in [-0.4, -0.2) is 98.2 Å². The van der Waals surface area contributed by atoms with Crippen molar-refractivity contribution >= 4 is 5.97 Å². The number of aliphatic carboxylic acids is 1. The fourth-order valence-electron chi connectivity index (χ4n) is 6.68. The van der Waals surface area contributed by atoms with Gasteiger partial charge in [0.15, 0.2) is 0 Å². The van der Waals surface area contributed by atoms with Gasteiger partial charge in [-0.1, -0.05) is 18.6 Å². The Morgan fingerprint density at radius 1 is 1.03 bits per heavy atom. The highest BCUT2D eigenvalue weighted by Gasteiger charge is 2.68. The lowest BCUT2D eigenvalue weighted by molar-refractivity contribution is -0.264. The number of nitrogens with zero attached hydrogens (tertiary/aromatic N) is 4. The van der Waals surface area contributed by atoms with E-state index >= 15 is 0 Å². The maximum absolute atomic E-state index is 12.5. The number of hydrogen-bond donors (Lipinski definition) is 5. The van der Waals surface area contributed by atoms with Crippen LogP contribution in [0.25, 0.3) is 0 Å². The molecule has 10 nitrogen and oxygen atoms in total. The topological polar surface area (TPSA) is 156 Å². The minimum atomic E-state index is -1.20. The summed E-state index contributed by atoms with van der Waals surface area (Å²) in [6.45, 7) is -0.0935. The van der Waals surface area contributed by atoms with Crippen molar-refractivity contribution in [3.05, 3.63) is 60.2 Å². The van der Waals surface area contributed by atoms with Crippen LogP contribution in [0.2, 0.25) is 0 Å². The molecule has 0 amide bonds. The summed E-state index contributed by atoms with van der Waals surface area (Å²) in [5, 5.41) is 44.1. The third-order valence-electron chi connectivity index (χ3n) is 8.17. The molecule has 0 spiro atoms. The minimum Gasteiger partial charge on any atom is -0.480 e. The third-order valence-corrected chi connectivity index (χ3v) is 8.17. The Balaban J connectivity index is 1.90. The molecule has 2 saturated heterocycles. The first kappa shape index (κ1) is 26.6. The molecule has 2 bridgehead atoms. The Bertz CT molecular complexity index is 949. The molecule has 0 saturated carbocycles. The SMILES string of the molecule is CN1[C@@H](c2ccccn2)C2(CO)CN([C@@H](CCCCN)C(=O)O)CC(CO)(C2O)[C@H]1c1ccccn1.